The number of hydrogen-bond acceptors (Lipinski definition) is 7. The number of fused-ring (bicyclic) bond motifs is 1. The minimum atomic E-state index is -4.60. The molecular weight excluding hydrogens is 518 g/mol. The molecule has 1 amide bonds. The van der Waals surface area contributed by atoms with E-state index in [1.54, 1.807) is 55.5 Å². The molecule has 0 bridgehead atoms. The number of halogens is 1. The molecule has 11 heteroatoms. The fourth-order valence-electron chi connectivity index (χ4n) is 3.67. The van der Waals surface area contributed by atoms with E-state index < -0.39 is 26.7 Å². The number of carbonyl (C=O) groups is 1. The van der Waals surface area contributed by atoms with Crippen LogP contribution >= 0.6 is 11.6 Å². The van der Waals surface area contributed by atoms with Crippen LogP contribution in [-0.4, -0.2) is 30.6 Å². The van der Waals surface area contributed by atoms with Gasteiger partial charge in [0.05, 0.1) is 22.9 Å². The third-order valence-electron chi connectivity index (χ3n) is 5.43. The van der Waals surface area contributed by atoms with Crippen LogP contribution < -0.4 is 10.1 Å². The number of amides is 1. The number of phenols is 1. The summed E-state index contributed by atoms with van der Waals surface area (Å²) in [5, 5.41) is 23.0. The average molecular weight is 540 g/mol. The smallest absolute Gasteiger partial charge is 0.296 e. The maximum Gasteiger partial charge on any atom is 0.296 e. The molecule has 0 aromatic heterocycles. The normalized spacial score (nSPS) is 11.7. The van der Waals surface area contributed by atoms with Crippen molar-refractivity contribution in [2.24, 2.45) is 10.2 Å². The number of carbonyl (C=O) groups excluding carboxylic acids is 1. The lowest BCUT2D eigenvalue weighted by Crippen LogP contribution is -2.12. The summed E-state index contributed by atoms with van der Waals surface area (Å²) in [6, 6.07) is 17.8. The summed E-state index contributed by atoms with van der Waals surface area (Å²) in [5.74, 6) is -0.410. The Morgan fingerprint density at radius 1 is 1.05 bits per heavy atom. The number of nitrogens with zero attached hydrogens (tertiary/aromatic N) is 2. The lowest BCUT2D eigenvalue weighted by Gasteiger charge is -2.12. The predicted molar refractivity (Wildman–Crippen MR) is 141 cm³/mol. The van der Waals surface area contributed by atoms with Crippen molar-refractivity contribution in [2.75, 3.05) is 11.9 Å². The Kier molecular flexibility index (Phi) is 7.44. The molecule has 37 heavy (non-hydrogen) atoms. The van der Waals surface area contributed by atoms with Crippen LogP contribution in [0.4, 0.5) is 17.1 Å². The highest BCUT2D eigenvalue weighted by atomic mass is 35.5. The number of nitrogens with one attached hydrogen (secondary N) is 1. The van der Waals surface area contributed by atoms with Crippen LogP contribution in [0.1, 0.15) is 22.8 Å². The van der Waals surface area contributed by atoms with Crippen molar-refractivity contribution in [3.8, 4) is 11.5 Å². The zero-order valence-corrected chi connectivity index (χ0v) is 21.3. The lowest BCUT2D eigenvalue weighted by molar-refractivity contribution is 0.102. The number of rotatable bonds is 7. The van der Waals surface area contributed by atoms with Crippen LogP contribution in [0.2, 0.25) is 5.02 Å². The molecule has 0 saturated carbocycles. The molecule has 0 radical (unpaired) electrons. The van der Waals surface area contributed by atoms with E-state index in [2.05, 4.69) is 15.5 Å². The first-order valence-corrected chi connectivity index (χ1v) is 12.9. The van der Waals surface area contributed by atoms with Crippen LogP contribution in [0.15, 0.2) is 81.9 Å². The molecule has 0 atom stereocenters. The lowest BCUT2D eigenvalue weighted by atomic mass is 10.0. The van der Waals surface area contributed by atoms with Gasteiger partial charge in [-0.15, -0.1) is 5.11 Å². The number of aromatic hydroxyl groups is 1. The Labute approximate surface area is 218 Å². The van der Waals surface area contributed by atoms with E-state index >= 15 is 0 Å². The predicted octanol–water partition coefficient (Wildman–Crippen LogP) is 6.82. The zero-order valence-electron chi connectivity index (χ0n) is 19.8. The molecular formula is C26H22ClN3O6S. The number of azo groups is 1. The van der Waals surface area contributed by atoms with Crippen molar-refractivity contribution in [3.63, 3.8) is 0 Å². The molecule has 4 aromatic carbocycles. The van der Waals surface area contributed by atoms with Crippen molar-refractivity contribution in [1.82, 2.24) is 0 Å². The first kappa shape index (κ1) is 26.1. The molecule has 3 N–H and O–H groups in total. The molecule has 9 nitrogen and oxygen atoms in total. The van der Waals surface area contributed by atoms with E-state index in [1.807, 2.05) is 6.92 Å². The second kappa shape index (κ2) is 10.6. The number of aryl methyl sites for hydroxylation is 1. The molecule has 0 heterocycles. The monoisotopic (exact) mass is 539 g/mol. The van der Waals surface area contributed by atoms with Gasteiger partial charge in [-0.2, -0.15) is 13.5 Å². The Balaban J connectivity index is 1.78. The van der Waals surface area contributed by atoms with Gasteiger partial charge in [0.25, 0.3) is 16.0 Å². The molecule has 190 valence electrons. The zero-order chi connectivity index (χ0) is 26.7. The largest absolute Gasteiger partial charge is 0.505 e. The molecule has 4 rings (SSSR count). The minimum Gasteiger partial charge on any atom is -0.505 e. The van der Waals surface area contributed by atoms with Crippen LogP contribution in [0, 0.1) is 6.92 Å². The van der Waals surface area contributed by atoms with E-state index in [-0.39, 0.29) is 22.0 Å². The summed E-state index contributed by atoms with van der Waals surface area (Å²) < 4.78 is 38.2. The minimum absolute atomic E-state index is 0.00840. The highest BCUT2D eigenvalue weighted by Gasteiger charge is 2.20. The number of phenolic OH excluding ortho intramolecular Hbond substituents is 1. The molecule has 0 aliphatic heterocycles. The summed E-state index contributed by atoms with van der Waals surface area (Å²) in [5.41, 5.74) is 1.02. The molecule has 4 aromatic rings. The standard InChI is InChI=1S/C26H22ClN3O6S/c1-3-36-18-9-6-8-17(13-18)28-26(32)20-12-16-7-4-5-10-19(16)24(25(20)31)30-29-22-14-23(37(33,34)35)21(27)11-15(22)2/h4-14,31H,3H2,1-2H3,(H,28,32)(H,33,34,35). The highest BCUT2D eigenvalue weighted by molar-refractivity contribution is 7.86. The van der Waals surface area contributed by atoms with Crippen LogP contribution in [-0.2, 0) is 10.1 Å². The molecule has 0 aliphatic carbocycles. The molecule has 0 fully saturated rings. The van der Waals surface area contributed by atoms with Gasteiger partial charge in [0.15, 0.2) is 5.75 Å². The Bertz CT molecular complexity index is 1650. The molecule has 0 spiro atoms. The van der Waals surface area contributed by atoms with Gasteiger partial charge in [0, 0.05) is 17.1 Å². The fourth-order valence-corrected chi connectivity index (χ4v) is 4.75. The third-order valence-corrected chi connectivity index (χ3v) is 6.75. The van der Waals surface area contributed by atoms with Crippen LogP contribution in [0.5, 0.6) is 11.5 Å². The van der Waals surface area contributed by atoms with E-state index in [9.17, 15) is 22.9 Å². The number of benzene rings is 4. The van der Waals surface area contributed by atoms with Gasteiger partial charge in [0.1, 0.15) is 16.3 Å². The number of ether oxygens (including phenoxy) is 1. The summed E-state index contributed by atoms with van der Waals surface area (Å²) >= 11 is 5.95. The highest BCUT2D eigenvalue weighted by Crippen LogP contribution is 2.40. The van der Waals surface area contributed by atoms with Gasteiger partial charge in [-0.1, -0.05) is 41.9 Å². The number of anilines is 1. The number of hydrogen-bond donors (Lipinski definition) is 3. The van der Waals surface area contributed by atoms with Crippen LogP contribution in [0.25, 0.3) is 10.8 Å². The Hall–Kier alpha value is -3.99. The first-order chi connectivity index (χ1) is 17.6. The van der Waals surface area contributed by atoms with E-state index in [4.69, 9.17) is 16.3 Å². The van der Waals surface area contributed by atoms with Gasteiger partial charge in [-0.25, -0.2) is 0 Å². The van der Waals surface area contributed by atoms with E-state index in [1.165, 1.54) is 12.1 Å². The van der Waals surface area contributed by atoms with Crippen LogP contribution in [0.3, 0.4) is 0 Å². The van der Waals surface area contributed by atoms with Crippen molar-refractivity contribution in [3.05, 3.63) is 82.9 Å². The van der Waals surface area contributed by atoms with Gasteiger partial charge in [-0.3, -0.25) is 9.35 Å². The second-order valence-electron chi connectivity index (χ2n) is 8.00. The SMILES string of the molecule is CCOc1cccc(NC(=O)c2cc3ccccc3c(N=Nc3cc(S(=O)(=O)O)c(Cl)cc3C)c2O)c1. The Morgan fingerprint density at radius 2 is 1.81 bits per heavy atom. The summed E-state index contributed by atoms with van der Waals surface area (Å²) in [6.45, 7) is 3.95. The summed E-state index contributed by atoms with van der Waals surface area (Å²) in [6.07, 6.45) is 0. The van der Waals surface area contributed by atoms with Gasteiger partial charge in [-0.05, 0) is 55.1 Å². The summed E-state index contributed by atoms with van der Waals surface area (Å²) in [4.78, 5) is 12.6. The van der Waals surface area contributed by atoms with Crippen molar-refractivity contribution < 1.29 is 27.6 Å². The fraction of sp³-hybridized carbons (Fsp3) is 0.115. The van der Waals surface area contributed by atoms with Gasteiger partial charge >= 0.3 is 0 Å². The summed E-state index contributed by atoms with van der Waals surface area (Å²) in [7, 11) is -4.60. The molecule has 0 aliphatic rings. The van der Waals surface area contributed by atoms with E-state index in [0.717, 1.165) is 6.07 Å². The Morgan fingerprint density at radius 3 is 2.54 bits per heavy atom. The van der Waals surface area contributed by atoms with Crippen molar-refractivity contribution >= 4 is 55.5 Å². The van der Waals surface area contributed by atoms with Crippen molar-refractivity contribution in [1.29, 1.82) is 0 Å². The first-order valence-electron chi connectivity index (χ1n) is 11.1. The van der Waals surface area contributed by atoms with Gasteiger partial charge in [0.2, 0.25) is 0 Å². The molecule has 0 saturated heterocycles. The second-order valence-corrected chi connectivity index (χ2v) is 9.80. The molecule has 0 unspecified atom stereocenters. The average Bonchev–Trinajstić information content (AvgIpc) is 2.83. The van der Waals surface area contributed by atoms with Crippen molar-refractivity contribution in [2.45, 2.75) is 18.7 Å². The van der Waals surface area contributed by atoms with Gasteiger partial charge < -0.3 is 15.2 Å². The third kappa shape index (κ3) is 5.72. The maximum absolute atomic E-state index is 13.1. The maximum atomic E-state index is 13.1. The van der Waals surface area contributed by atoms with E-state index in [0.29, 0.717) is 34.4 Å². The topological polar surface area (TPSA) is 138 Å². The quantitative estimate of drug-likeness (QED) is 0.174.